The van der Waals surface area contributed by atoms with Crippen molar-refractivity contribution in [1.82, 2.24) is 10.7 Å². The van der Waals surface area contributed by atoms with Crippen molar-refractivity contribution in [2.24, 2.45) is 5.92 Å². The first kappa shape index (κ1) is 21.3. The summed E-state index contributed by atoms with van der Waals surface area (Å²) >= 11 is 5.22. The topological polar surface area (TPSA) is 91.0 Å². The number of benzene rings is 2. The summed E-state index contributed by atoms with van der Waals surface area (Å²) in [5.74, 6) is -1.89. The molecule has 0 saturated carbocycles. The van der Waals surface area contributed by atoms with Crippen LogP contribution in [0.25, 0.3) is 0 Å². The lowest BCUT2D eigenvalue weighted by molar-refractivity contribution is -0.122. The van der Waals surface area contributed by atoms with Crippen LogP contribution in [0.15, 0.2) is 78.5 Å². The van der Waals surface area contributed by atoms with E-state index >= 15 is 0 Å². The molecule has 2 aromatic rings. The van der Waals surface area contributed by atoms with Gasteiger partial charge in [0.1, 0.15) is 17.2 Å². The fourth-order valence-corrected chi connectivity index (χ4v) is 3.71. The third-order valence-electron chi connectivity index (χ3n) is 4.97. The summed E-state index contributed by atoms with van der Waals surface area (Å²) < 4.78 is 5.42. The molecule has 1 atom stereocenters. The smallest absolute Gasteiger partial charge is 0.269 e. The third-order valence-corrected chi connectivity index (χ3v) is 5.26. The summed E-state index contributed by atoms with van der Waals surface area (Å²) in [6, 6.07) is 15.7. The Hall–Kier alpha value is -3.98. The highest BCUT2D eigenvalue weighted by molar-refractivity contribution is 7.80. The Kier molecular flexibility index (Phi) is 5.74. The van der Waals surface area contributed by atoms with Gasteiger partial charge in [-0.3, -0.25) is 30.0 Å². The number of hydrazine groups is 1. The highest BCUT2D eigenvalue weighted by atomic mass is 32.1. The van der Waals surface area contributed by atoms with E-state index in [4.69, 9.17) is 17.0 Å². The van der Waals surface area contributed by atoms with E-state index in [2.05, 4.69) is 17.3 Å². The lowest BCUT2D eigenvalue weighted by Gasteiger charge is -2.29. The number of hydrogen-bond donors (Lipinski definition) is 2. The van der Waals surface area contributed by atoms with Crippen molar-refractivity contribution in [3.63, 3.8) is 0 Å². The Bertz CT molecular complexity index is 1140. The van der Waals surface area contributed by atoms with Crippen molar-refractivity contribution in [1.29, 1.82) is 0 Å². The minimum atomic E-state index is -0.895. The molecule has 0 bridgehead atoms. The average Bonchev–Trinajstić information content (AvgIpc) is 3.06. The Morgan fingerprint density at radius 2 is 1.75 bits per heavy atom. The van der Waals surface area contributed by atoms with Crippen LogP contribution < -0.4 is 25.4 Å². The minimum Gasteiger partial charge on any atom is -0.494 e. The first-order valence-corrected chi connectivity index (χ1v) is 10.3. The Labute approximate surface area is 190 Å². The average molecular weight is 449 g/mol. The summed E-state index contributed by atoms with van der Waals surface area (Å²) in [5.41, 5.74) is 4.16. The Morgan fingerprint density at radius 1 is 1.06 bits per heavy atom. The van der Waals surface area contributed by atoms with Crippen LogP contribution in [0.5, 0.6) is 5.75 Å². The van der Waals surface area contributed by atoms with Gasteiger partial charge < -0.3 is 4.74 Å². The molecule has 2 N–H and O–H groups in total. The molecule has 0 aromatic heterocycles. The number of rotatable bonds is 5. The fraction of sp³-hybridized carbons (Fsp3) is 0.130. The summed E-state index contributed by atoms with van der Waals surface area (Å²) in [6.45, 7) is 6.26. The molecule has 2 aromatic carbocycles. The van der Waals surface area contributed by atoms with Gasteiger partial charge in [-0.2, -0.15) is 0 Å². The number of anilines is 2. The zero-order valence-corrected chi connectivity index (χ0v) is 18.0. The van der Waals surface area contributed by atoms with Gasteiger partial charge in [0, 0.05) is 5.70 Å². The predicted molar refractivity (Wildman–Crippen MR) is 124 cm³/mol. The molecule has 2 aliphatic rings. The van der Waals surface area contributed by atoms with Gasteiger partial charge in [-0.25, -0.2) is 5.01 Å². The van der Waals surface area contributed by atoms with Crippen LogP contribution in [0.1, 0.15) is 6.92 Å². The van der Waals surface area contributed by atoms with E-state index < -0.39 is 17.7 Å². The summed E-state index contributed by atoms with van der Waals surface area (Å²) in [7, 11) is 0. The first-order chi connectivity index (χ1) is 15.4. The quantitative estimate of drug-likeness (QED) is 0.415. The molecule has 2 fully saturated rings. The number of nitrogens with zero attached hydrogens (tertiary/aromatic N) is 2. The predicted octanol–water partition coefficient (Wildman–Crippen LogP) is 2.44. The van der Waals surface area contributed by atoms with Gasteiger partial charge in [-0.15, -0.1) is 0 Å². The van der Waals surface area contributed by atoms with E-state index in [0.29, 0.717) is 29.4 Å². The SMILES string of the molecule is C=C1NN(c2ccccc2)C(=O)[C@H]1C=C1C(=O)NC(=S)N(c2ccc(OCC)cc2)C1=O. The maximum atomic E-state index is 13.2. The molecule has 3 amide bonds. The van der Waals surface area contributed by atoms with E-state index in [1.54, 1.807) is 48.5 Å². The molecule has 9 heteroatoms. The van der Waals surface area contributed by atoms with E-state index in [1.165, 1.54) is 16.0 Å². The second kappa shape index (κ2) is 8.64. The summed E-state index contributed by atoms with van der Waals surface area (Å²) in [5, 5.41) is 3.82. The van der Waals surface area contributed by atoms with Gasteiger partial charge in [0.25, 0.3) is 17.7 Å². The van der Waals surface area contributed by atoms with E-state index in [0.717, 1.165) is 0 Å². The molecule has 2 heterocycles. The molecule has 162 valence electrons. The number of carbonyl (C=O) groups excluding carboxylic acids is 3. The second-order valence-corrected chi connectivity index (χ2v) is 7.42. The first-order valence-electron chi connectivity index (χ1n) is 9.89. The lowest BCUT2D eigenvalue weighted by Crippen LogP contribution is -2.54. The molecule has 4 rings (SSSR count). The van der Waals surface area contributed by atoms with Crippen molar-refractivity contribution in [2.75, 3.05) is 16.5 Å². The van der Waals surface area contributed by atoms with Crippen molar-refractivity contribution in [2.45, 2.75) is 6.92 Å². The molecule has 0 spiro atoms. The molecular weight excluding hydrogens is 428 g/mol. The molecule has 2 aliphatic heterocycles. The molecule has 0 aliphatic carbocycles. The van der Waals surface area contributed by atoms with Gasteiger partial charge in [-0.05, 0) is 61.6 Å². The van der Waals surface area contributed by atoms with Gasteiger partial charge in [0.2, 0.25) is 0 Å². The van der Waals surface area contributed by atoms with Crippen LogP contribution in [-0.4, -0.2) is 29.4 Å². The number of hydrogen-bond acceptors (Lipinski definition) is 6. The van der Waals surface area contributed by atoms with Crippen LogP contribution in [0, 0.1) is 5.92 Å². The number of thiocarbonyl (C=S) groups is 1. The zero-order valence-electron chi connectivity index (χ0n) is 17.2. The number of ether oxygens (including phenoxy) is 1. The molecule has 0 radical (unpaired) electrons. The van der Waals surface area contributed by atoms with Gasteiger partial charge in [0.15, 0.2) is 5.11 Å². The number of amides is 3. The number of nitrogens with one attached hydrogen (secondary N) is 2. The van der Waals surface area contributed by atoms with Crippen LogP contribution >= 0.6 is 12.2 Å². The highest BCUT2D eigenvalue weighted by Gasteiger charge is 2.39. The van der Waals surface area contributed by atoms with E-state index in [-0.39, 0.29) is 16.6 Å². The molecule has 0 unspecified atom stereocenters. The van der Waals surface area contributed by atoms with Crippen molar-refractivity contribution in [3.8, 4) is 5.75 Å². The number of carbonyl (C=O) groups is 3. The minimum absolute atomic E-state index is 0.0399. The molecule has 32 heavy (non-hydrogen) atoms. The lowest BCUT2D eigenvalue weighted by atomic mass is 10.0. The van der Waals surface area contributed by atoms with Gasteiger partial charge in [-0.1, -0.05) is 24.8 Å². The van der Waals surface area contributed by atoms with Crippen LogP contribution in [0.2, 0.25) is 0 Å². The van der Waals surface area contributed by atoms with Crippen LogP contribution in [-0.2, 0) is 14.4 Å². The van der Waals surface area contributed by atoms with E-state index in [9.17, 15) is 14.4 Å². The molecular formula is C23H20N4O4S. The monoisotopic (exact) mass is 448 g/mol. The zero-order chi connectivity index (χ0) is 22.8. The summed E-state index contributed by atoms with van der Waals surface area (Å²) in [4.78, 5) is 40.0. The maximum absolute atomic E-state index is 13.2. The van der Waals surface area contributed by atoms with Crippen LogP contribution in [0.4, 0.5) is 11.4 Å². The highest BCUT2D eigenvalue weighted by Crippen LogP contribution is 2.28. The van der Waals surface area contributed by atoms with Crippen molar-refractivity contribution >= 4 is 46.4 Å². The van der Waals surface area contributed by atoms with Crippen molar-refractivity contribution in [3.05, 3.63) is 78.5 Å². The number of para-hydroxylation sites is 1. The summed E-state index contributed by atoms with van der Waals surface area (Å²) in [6.07, 6.45) is 1.32. The third kappa shape index (κ3) is 3.85. The molecule has 2 saturated heterocycles. The van der Waals surface area contributed by atoms with E-state index in [1.807, 2.05) is 13.0 Å². The van der Waals surface area contributed by atoms with Gasteiger partial charge in [0.05, 0.1) is 18.0 Å². The normalized spacial score (nSPS) is 20.0. The van der Waals surface area contributed by atoms with Crippen molar-refractivity contribution < 1.29 is 19.1 Å². The second-order valence-electron chi connectivity index (χ2n) is 7.03. The molecule has 8 nitrogen and oxygen atoms in total. The largest absolute Gasteiger partial charge is 0.494 e. The Morgan fingerprint density at radius 3 is 2.41 bits per heavy atom. The maximum Gasteiger partial charge on any atom is 0.269 e. The fourth-order valence-electron chi connectivity index (χ4n) is 3.43. The van der Waals surface area contributed by atoms with Gasteiger partial charge >= 0.3 is 0 Å². The Balaban J connectivity index is 1.63. The van der Waals surface area contributed by atoms with Crippen LogP contribution in [0.3, 0.4) is 0 Å². The standard InChI is InChI=1S/C23H20N4O4S/c1-3-31-17-11-9-15(10-12-17)26-21(29)19(20(28)24-23(26)32)13-18-14(2)25-27(22(18)30)16-7-5-4-6-8-16/h4-13,18,25H,2-3H2,1H3,(H,24,28,32)/t18-/m0/s1.